The van der Waals surface area contributed by atoms with Crippen molar-refractivity contribution in [2.75, 3.05) is 6.54 Å². The van der Waals surface area contributed by atoms with Gasteiger partial charge in [0.15, 0.2) is 6.54 Å². The Morgan fingerprint density at radius 1 is 1.36 bits per heavy atom. The lowest BCUT2D eigenvalue weighted by molar-refractivity contribution is -0.454. The molecular weight excluding hydrogens is 174 g/mol. The van der Waals surface area contributed by atoms with Gasteiger partial charge in [-0.15, -0.1) is 0 Å². The van der Waals surface area contributed by atoms with Crippen molar-refractivity contribution in [2.24, 2.45) is 17.8 Å². The topological polar surface area (TPSA) is 20.1 Å². The average molecular weight is 194 g/mol. The highest BCUT2D eigenvalue weighted by atomic mass is 16.2. The van der Waals surface area contributed by atoms with E-state index in [0.717, 1.165) is 37.6 Å². The molecule has 1 aliphatic carbocycles. The molecule has 2 aliphatic rings. The molecule has 0 radical (unpaired) electrons. The van der Waals surface area contributed by atoms with Gasteiger partial charge in [-0.3, -0.25) is 0 Å². The third-order valence-corrected chi connectivity index (χ3v) is 3.52. The minimum absolute atomic E-state index is 0.377. The van der Waals surface area contributed by atoms with E-state index in [-0.39, 0.29) is 0 Å². The first kappa shape index (κ1) is 9.88. The van der Waals surface area contributed by atoms with Crippen molar-refractivity contribution in [3.8, 4) is 0 Å². The number of carbonyl (C=O) groups excluding carboxylic acids is 1. The van der Waals surface area contributed by atoms with Gasteiger partial charge in [0.05, 0.1) is 5.92 Å². The molecule has 2 nitrogen and oxygen atoms in total. The van der Waals surface area contributed by atoms with Gasteiger partial charge in [0.1, 0.15) is 6.21 Å². The zero-order valence-corrected chi connectivity index (χ0v) is 9.20. The van der Waals surface area contributed by atoms with Crippen LogP contribution in [0.4, 0.5) is 0 Å². The number of rotatable bonds is 2. The zero-order valence-electron chi connectivity index (χ0n) is 9.20. The molecule has 1 heterocycles. The Morgan fingerprint density at radius 2 is 2.07 bits per heavy atom. The van der Waals surface area contributed by atoms with Gasteiger partial charge in [-0.25, -0.2) is 4.79 Å². The lowest BCUT2D eigenvalue weighted by Crippen LogP contribution is -2.31. The third kappa shape index (κ3) is 2.05. The van der Waals surface area contributed by atoms with Crippen molar-refractivity contribution in [3.63, 3.8) is 0 Å². The number of carbonyl (C=O) groups is 1. The maximum Gasteiger partial charge on any atom is 0.389 e. The predicted molar refractivity (Wildman–Crippen MR) is 56.5 cm³/mol. The van der Waals surface area contributed by atoms with E-state index < -0.39 is 0 Å². The molecule has 2 rings (SSSR count). The fourth-order valence-electron chi connectivity index (χ4n) is 2.15. The van der Waals surface area contributed by atoms with E-state index in [1.807, 2.05) is 4.58 Å². The Balaban J connectivity index is 1.93. The molecular formula is C12H20NO+. The number of hydrogen-bond acceptors (Lipinski definition) is 1. The molecule has 1 atom stereocenters. The normalized spacial score (nSPS) is 27.6. The molecule has 0 spiro atoms. The first-order valence-corrected chi connectivity index (χ1v) is 5.82. The fourth-order valence-corrected chi connectivity index (χ4v) is 2.15. The van der Waals surface area contributed by atoms with E-state index in [4.69, 9.17) is 0 Å². The van der Waals surface area contributed by atoms with E-state index in [2.05, 4.69) is 20.1 Å². The van der Waals surface area contributed by atoms with Gasteiger partial charge in [-0.1, -0.05) is 13.8 Å². The highest BCUT2D eigenvalue weighted by Gasteiger charge is 2.39. The van der Waals surface area contributed by atoms with Crippen LogP contribution in [0.5, 0.6) is 0 Å². The standard InChI is InChI=1S/C12H20NO/c1-9(2)10-5-7-13(8-6-10)12(14)11-3-4-11/h7,9-11H,3-6,8H2,1-2H3/q+1. The van der Waals surface area contributed by atoms with Gasteiger partial charge in [0.25, 0.3) is 0 Å². The van der Waals surface area contributed by atoms with Gasteiger partial charge in [0, 0.05) is 12.8 Å². The second kappa shape index (κ2) is 3.84. The van der Waals surface area contributed by atoms with Crippen LogP contribution in [-0.2, 0) is 4.79 Å². The lowest BCUT2D eigenvalue weighted by Gasteiger charge is -2.20. The summed E-state index contributed by atoms with van der Waals surface area (Å²) in [6.07, 6.45) is 6.66. The van der Waals surface area contributed by atoms with Gasteiger partial charge in [-0.05, 0) is 24.7 Å². The first-order chi connectivity index (χ1) is 6.68. The number of hydrogen-bond donors (Lipinski definition) is 0. The Labute approximate surface area is 86.0 Å². The summed E-state index contributed by atoms with van der Waals surface area (Å²) in [6, 6.07) is 0. The molecule has 78 valence electrons. The third-order valence-electron chi connectivity index (χ3n) is 3.52. The van der Waals surface area contributed by atoms with Gasteiger partial charge < -0.3 is 0 Å². The highest BCUT2D eigenvalue weighted by molar-refractivity contribution is 5.77. The van der Waals surface area contributed by atoms with E-state index in [1.54, 1.807) is 0 Å². The summed E-state index contributed by atoms with van der Waals surface area (Å²) in [5.41, 5.74) is 0. The number of nitrogens with zero attached hydrogens (tertiary/aromatic N) is 1. The van der Waals surface area contributed by atoms with Gasteiger partial charge in [0.2, 0.25) is 0 Å². The van der Waals surface area contributed by atoms with E-state index in [0.29, 0.717) is 11.8 Å². The highest BCUT2D eigenvalue weighted by Crippen LogP contribution is 2.31. The minimum Gasteiger partial charge on any atom is -0.219 e. The molecule has 0 saturated heterocycles. The van der Waals surface area contributed by atoms with Crippen LogP contribution in [0.2, 0.25) is 0 Å². The minimum atomic E-state index is 0.377. The maximum absolute atomic E-state index is 11.7. The first-order valence-electron chi connectivity index (χ1n) is 5.82. The maximum atomic E-state index is 11.7. The quantitative estimate of drug-likeness (QED) is 0.616. The molecule has 1 amide bonds. The van der Waals surface area contributed by atoms with Crippen LogP contribution >= 0.6 is 0 Å². The fraction of sp³-hybridized carbons (Fsp3) is 0.833. The Morgan fingerprint density at radius 3 is 2.50 bits per heavy atom. The van der Waals surface area contributed by atoms with Crippen molar-refractivity contribution in [2.45, 2.75) is 39.5 Å². The van der Waals surface area contributed by atoms with Crippen LogP contribution in [-0.4, -0.2) is 23.2 Å². The molecule has 0 N–H and O–H groups in total. The summed E-state index contributed by atoms with van der Waals surface area (Å²) in [5.74, 6) is 2.30. The van der Waals surface area contributed by atoms with Crippen LogP contribution in [0.15, 0.2) is 0 Å². The SMILES string of the molecule is CC(C)C1CC=[N+](C(=O)C2CC2)CC1. The molecule has 1 fully saturated rings. The summed E-state index contributed by atoms with van der Waals surface area (Å²) in [7, 11) is 0. The molecule has 1 saturated carbocycles. The van der Waals surface area contributed by atoms with E-state index >= 15 is 0 Å². The Kier molecular flexibility index (Phi) is 2.71. The van der Waals surface area contributed by atoms with Crippen LogP contribution in [0.1, 0.15) is 39.5 Å². The smallest absolute Gasteiger partial charge is 0.219 e. The molecule has 0 aromatic heterocycles. The van der Waals surface area contributed by atoms with Crippen molar-refractivity contribution in [3.05, 3.63) is 0 Å². The van der Waals surface area contributed by atoms with Crippen molar-refractivity contribution in [1.82, 2.24) is 0 Å². The predicted octanol–water partition coefficient (Wildman–Crippen LogP) is 2.07. The summed E-state index contributed by atoms with van der Waals surface area (Å²) in [5, 5.41) is 0. The van der Waals surface area contributed by atoms with E-state index in [1.165, 1.54) is 6.42 Å². The Hall–Kier alpha value is -0.660. The molecule has 0 aromatic rings. The molecule has 2 heteroatoms. The zero-order chi connectivity index (χ0) is 10.1. The summed E-state index contributed by atoms with van der Waals surface area (Å²) in [4.78, 5) is 11.7. The molecule has 0 bridgehead atoms. The van der Waals surface area contributed by atoms with Gasteiger partial charge >= 0.3 is 5.91 Å². The Bertz CT molecular complexity index is 263. The lowest BCUT2D eigenvalue weighted by atomic mass is 9.88. The molecule has 0 aromatic carbocycles. The second-order valence-corrected chi connectivity index (χ2v) is 5.02. The van der Waals surface area contributed by atoms with Gasteiger partial charge in [-0.2, -0.15) is 4.58 Å². The second-order valence-electron chi connectivity index (χ2n) is 5.02. The molecule has 14 heavy (non-hydrogen) atoms. The molecule has 1 unspecified atom stereocenters. The van der Waals surface area contributed by atoms with Crippen molar-refractivity contribution >= 4 is 12.1 Å². The van der Waals surface area contributed by atoms with Crippen molar-refractivity contribution < 1.29 is 9.37 Å². The summed E-state index contributed by atoms with van der Waals surface area (Å²) in [6.45, 7) is 5.51. The summed E-state index contributed by atoms with van der Waals surface area (Å²) < 4.78 is 1.97. The number of amides is 1. The van der Waals surface area contributed by atoms with Crippen LogP contribution in [0.25, 0.3) is 0 Å². The summed E-state index contributed by atoms with van der Waals surface area (Å²) >= 11 is 0. The van der Waals surface area contributed by atoms with Crippen LogP contribution < -0.4 is 0 Å². The van der Waals surface area contributed by atoms with Crippen molar-refractivity contribution in [1.29, 1.82) is 0 Å². The van der Waals surface area contributed by atoms with Crippen LogP contribution in [0, 0.1) is 17.8 Å². The van der Waals surface area contributed by atoms with E-state index in [9.17, 15) is 4.79 Å². The average Bonchev–Trinajstić information content (AvgIpc) is 3.00. The largest absolute Gasteiger partial charge is 0.389 e. The molecule has 1 aliphatic heterocycles. The van der Waals surface area contributed by atoms with Crippen LogP contribution in [0.3, 0.4) is 0 Å². The monoisotopic (exact) mass is 194 g/mol.